The van der Waals surface area contributed by atoms with Gasteiger partial charge in [-0.25, -0.2) is 0 Å². The molecule has 2 heterocycles. The van der Waals surface area contributed by atoms with Crippen LogP contribution in [0.15, 0.2) is 15.9 Å². The lowest BCUT2D eigenvalue weighted by atomic mass is 9.95. The Morgan fingerprint density at radius 2 is 2.00 bits per heavy atom. The van der Waals surface area contributed by atoms with Gasteiger partial charge in [0.1, 0.15) is 0 Å². The van der Waals surface area contributed by atoms with Gasteiger partial charge in [0.2, 0.25) is 0 Å². The Bertz CT molecular complexity index is 430. The molecule has 2 nitrogen and oxygen atoms in total. The van der Waals surface area contributed by atoms with Crippen LogP contribution in [-0.2, 0) is 6.54 Å². The lowest BCUT2D eigenvalue weighted by Gasteiger charge is -2.41. The maximum atomic E-state index is 3.78. The quantitative estimate of drug-likeness (QED) is 0.775. The van der Waals surface area contributed by atoms with Crippen molar-refractivity contribution in [2.75, 3.05) is 13.1 Å². The van der Waals surface area contributed by atoms with Crippen molar-refractivity contribution in [3.8, 4) is 0 Å². The second kappa shape index (κ2) is 8.09. The van der Waals surface area contributed by atoms with Crippen LogP contribution in [0.5, 0.6) is 0 Å². The summed E-state index contributed by atoms with van der Waals surface area (Å²) in [4.78, 5) is 4.18. The molecular weight excluding hydrogens is 344 g/mol. The predicted octanol–water partition coefficient (Wildman–Crippen LogP) is 4.75. The molecule has 2 atom stereocenters. The highest BCUT2D eigenvalue weighted by molar-refractivity contribution is 9.10. The average Bonchev–Trinajstić information content (AvgIpc) is 2.77. The second-order valence-corrected chi connectivity index (χ2v) is 8.99. The molecule has 4 heteroatoms. The molecule has 1 aliphatic heterocycles. The number of thiophene rings is 1. The number of hydrogen-bond donors (Lipinski definition) is 1. The van der Waals surface area contributed by atoms with Gasteiger partial charge in [-0.15, -0.1) is 11.3 Å². The average molecular weight is 373 g/mol. The highest BCUT2D eigenvalue weighted by Gasteiger charge is 2.29. The van der Waals surface area contributed by atoms with Gasteiger partial charge in [-0.3, -0.25) is 4.90 Å². The molecule has 1 fully saturated rings. The minimum absolute atomic E-state index is 0.646. The fraction of sp³-hybridized carbons (Fsp3) is 0.765. The number of piperazine rings is 1. The number of hydrogen-bond acceptors (Lipinski definition) is 3. The van der Waals surface area contributed by atoms with Crippen molar-refractivity contribution in [3.05, 3.63) is 20.8 Å². The largest absolute Gasteiger partial charge is 0.311 e. The van der Waals surface area contributed by atoms with E-state index in [0.717, 1.165) is 24.9 Å². The summed E-state index contributed by atoms with van der Waals surface area (Å²) in [7, 11) is 0. The van der Waals surface area contributed by atoms with Crippen molar-refractivity contribution in [1.82, 2.24) is 10.2 Å². The molecule has 1 aromatic rings. The summed E-state index contributed by atoms with van der Waals surface area (Å²) in [5, 5.41) is 5.97. The zero-order valence-electron chi connectivity index (χ0n) is 13.7. The third-order valence-corrected chi connectivity index (χ3v) is 6.06. The third-order valence-electron chi connectivity index (χ3n) is 4.15. The first-order valence-electron chi connectivity index (χ1n) is 8.15. The van der Waals surface area contributed by atoms with Gasteiger partial charge in [0.25, 0.3) is 0 Å². The van der Waals surface area contributed by atoms with Crippen molar-refractivity contribution in [1.29, 1.82) is 0 Å². The summed E-state index contributed by atoms with van der Waals surface area (Å²) in [6, 6.07) is 3.49. The molecule has 1 N–H and O–H groups in total. The molecule has 0 amide bonds. The second-order valence-electron chi connectivity index (χ2n) is 7.14. The number of halogens is 1. The van der Waals surface area contributed by atoms with E-state index in [-0.39, 0.29) is 0 Å². The van der Waals surface area contributed by atoms with Gasteiger partial charge in [-0.2, -0.15) is 0 Å². The summed E-state index contributed by atoms with van der Waals surface area (Å²) in [5.74, 6) is 1.52. The Balaban J connectivity index is 2.03. The van der Waals surface area contributed by atoms with Crippen molar-refractivity contribution in [3.63, 3.8) is 0 Å². The first kappa shape index (κ1) is 17.5. The third kappa shape index (κ3) is 5.34. The van der Waals surface area contributed by atoms with E-state index < -0.39 is 0 Å². The van der Waals surface area contributed by atoms with E-state index in [4.69, 9.17) is 0 Å². The fourth-order valence-electron chi connectivity index (χ4n) is 3.25. The van der Waals surface area contributed by atoms with Gasteiger partial charge in [0, 0.05) is 41.1 Å². The van der Waals surface area contributed by atoms with Gasteiger partial charge < -0.3 is 5.32 Å². The normalized spacial score (nSPS) is 24.1. The van der Waals surface area contributed by atoms with Crippen molar-refractivity contribution >= 4 is 27.3 Å². The molecule has 2 rings (SSSR count). The number of nitrogens with one attached hydrogen (secondary N) is 1. The Morgan fingerprint density at radius 1 is 1.29 bits per heavy atom. The molecule has 21 heavy (non-hydrogen) atoms. The van der Waals surface area contributed by atoms with E-state index >= 15 is 0 Å². The van der Waals surface area contributed by atoms with Crippen LogP contribution in [0, 0.1) is 11.8 Å². The van der Waals surface area contributed by atoms with E-state index in [0.29, 0.717) is 12.1 Å². The highest BCUT2D eigenvalue weighted by Crippen LogP contribution is 2.27. The Hall–Kier alpha value is 0.1000. The molecule has 0 aliphatic carbocycles. The van der Waals surface area contributed by atoms with Gasteiger partial charge in [0.05, 0.1) is 0 Å². The van der Waals surface area contributed by atoms with E-state index in [1.807, 2.05) is 11.3 Å². The van der Waals surface area contributed by atoms with E-state index in [1.54, 1.807) is 0 Å². The Kier molecular flexibility index (Phi) is 6.73. The topological polar surface area (TPSA) is 15.3 Å². The molecule has 1 saturated heterocycles. The van der Waals surface area contributed by atoms with Crippen LogP contribution < -0.4 is 5.32 Å². The molecule has 1 aromatic heterocycles. The highest BCUT2D eigenvalue weighted by atomic mass is 79.9. The van der Waals surface area contributed by atoms with Crippen LogP contribution in [-0.4, -0.2) is 30.1 Å². The van der Waals surface area contributed by atoms with Crippen LogP contribution in [0.25, 0.3) is 0 Å². The van der Waals surface area contributed by atoms with Crippen molar-refractivity contribution < 1.29 is 0 Å². The lowest BCUT2D eigenvalue weighted by Crippen LogP contribution is -2.56. The molecular formula is C17H29BrN2S. The Morgan fingerprint density at radius 3 is 2.57 bits per heavy atom. The first-order chi connectivity index (χ1) is 9.95. The van der Waals surface area contributed by atoms with E-state index in [9.17, 15) is 0 Å². The summed E-state index contributed by atoms with van der Waals surface area (Å²) < 4.78 is 1.27. The van der Waals surface area contributed by atoms with Gasteiger partial charge in [-0.05, 0) is 52.1 Å². The molecule has 0 saturated carbocycles. The summed E-state index contributed by atoms with van der Waals surface area (Å²) in [5.41, 5.74) is 0. The standard InChI is InChI=1S/C17H29BrN2S/c1-12(2)7-14-10-20(11-17-16(18)5-6-21-17)15(9-19-14)8-13(3)4/h5-6,12-15,19H,7-11H2,1-4H3. The number of rotatable bonds is 6. The van der Waals surface area contributed by atoms with Crippen LogP contribution in [0.3, 0.4) is 0 Å². The zero-order valence-corrected chi connectivity index (χ0v) is 16.1. The fourth-order valence-corrected chi connectivity index (χ4v) is 4.75. The maximum absolute atomic E-state index is 3.78. The molecule has 2 unspecified atom stereocenters. The van der Waals surface area contributed by atoms with Crippen LogP contribution in [0.2, 0.25) is 0 Å². The van der Waals surface area contributed by atoms with Gasteiger partial charge >= 0.3 is 0 Å². The van der Waals surface area contributed by atoms with Gasteiger partial charge in [0.15, 0.2) is 0 Å². The smallest absolute Gasteiger partial charge is 0.0343 e. The summed E-state index contributed by atoms with van der Waals surface area (Å²) in [6.45, 7) is 12.7. The molecule has 0 spiro atoms. The van der Waals surface area contributed by atoms with Crippen molar-refractivity contribution in [2.24, 2.45) is 11.8 Å². The molecule has 0 aromatic carbocycles. The maximum Gasteiger partial charge on any atom is 0.0343 e. The summed E-state index contributed by atoms with van der Waals surface area (Å²) in [6.07, 6.45) is 2.56. The van der Waals surface area contributed by atoms with Crippen molar-refractivity contribution in [2.45, 2.75) is 59.2 Å². The van der Waals surface area contributed by atoms with Crippen LogP contribution in [0.1, 0.15) is 45.4 Å². The summed E-state index contributed by atoms with van der Waals surface area (Å²) >= 11 is 5.56. The van der Waals surface area contributed by atoms with E-state index in [1.165, 1.54) is 28.7 Å². The molecule has 0 bridgehead atoms. The first-order valence-corrected chi connectivity index (χ1v) is 9.82. The van der Waals surface area contributed by atoms with Crippen LogP contribution >= 0.6 is 27.3 Å². The zero-order chi connectivity index (χ0) is 15.4. The van der Waals surface area contributed by atoms with Crippen LogP contribution in [0.4, 0.5) is 0 Å². The van der Waals surface area contributed by atoms with Gasteiger partial charge in [-0.1, -0.05) is 27.7 Å². The molecule has 0 radical (unpaired) electrons. The predicted molar refractivity (Wildman–Crippen MR) is 96.9 cm³/mol. The SMILES string of the molecule is CC(C)CC1CN(Cc2sccc2Br)C(CC(C)C)CN1. The molecule has 120 valence electrons. The Labute approximate surface area is 142 Å². The van der Waals surface area contributed by atoms with E-state index in [2.05, 4.69) is 65.3 Å². The minimum atomic E-state index is 0.646. The lowest BCUT2D eigenvalue weighted by molar-refractivity contribution is 0.101. The number of nitrogens with zero attached hydrogens (tertiary/aromatic N) is 1. The molecule has 1 aliphatic rings. The minimum Gasteiger partial charge on any atom is -0.311 e. The monoisotopic (exact) mass is 372 g/mol.